The standard InChI is InChI=1S/C16H13ClN4O.2C11H8Cl4N4O.2C11H8Cl3N5O3/c1-10-18-15(11-5-3-2-4-6-11)21-16(19-10)20-13-9-12(17)7-8-14(13)22;1-5-16-9(11(13,14)15)19-10(17-5)18-7-4-6(12)2-3-8(7)20;1-5-16-9(11(13,14)15)19-10(17-5)18-7-3-2-6(12)4-8(7)20;1-5-15-9(11(12,13)14)18-10(16-5)17-7-4-6(19(21)22)2-3-8(7)20;1-5-15-9(11(12,13)14)18-10(16-5)17-7-3-2-6(19(21)22)4-8(7)20/h2-9,22H,1H3,(H,18,19,20,21);2*2-4,20H,1H2,(H2,16,17,18,19);2*2-4,20H,1H3,(H,15,16,17,18). The highest BCUT2D eigenvalue weighted by molar-refractivity contribution is 6.77. The maximum atomic E-state index is 10.8. The van der Waals surface area contributed by atoms with Crippen LogP contribution in [0.3, 0.4) is 0 Å². The number of aromatic hydroxyl groups is 5. The zero-order chi connectivity index (χ0) is 78.3. The van der Waals surface area contributed by atoms with Gasteiger partial charge in [-0.05, 0) is 81.4 Å². The molecule has 46 heteroatoms. The van der Waals surface area contributed by atoms with E-state index in [0.717, 1.165) is 23.8 Å². The first-order chi connectivity index (χ1) is 49.4. The molecule has 12 N–H and O–H groups in total. The number of aliphatic imine (C=N–C) groups is 4. The number of aryl methyl sites for hydroxylation is 3. The number of anilines is 8. The molecule has 0 spiro atoms. The molecule has 554 valence electrons. The first-order valence-electron chi connectivity index (χ1n) is 28.5. The number of halogens is 15. The number of non-ortho nitro benzene ring substituents is 2. The first kappa shape index (κ1) is 84.5. The molecule has 0 unspecified atom stereocenters. The number of phenols is 5. The van der Waals surface area contributed by atoms with E-state index in [1.807, 2.05) is 30.3 Å². The molecule has 3 aromatic heterocycles. The highest BCUT2D eigenvalue weighted by Crippen LogP contribution is 2.40. The highest BCUT2D eigenvalue weighted by atomic mass is 35.6. The molecule has 2 aliphatic rings. The highest BCUT2D eigenvalue weighted by Gasteiger charge is 2.34. The summed E-state index contributed by atoms with van der Waals surface area (Å²) in [6, 6.07) is 30.3. The van der Waals surface area contributed by atoms with E-state index in [1.165, 1.54) is 42.5 Å². The predicted octanol–water partition coefficient (Wildman–Crippen LogP) is 18.0. The van der Waals surface area contributed by atoms with Gasteiger partial charge in [0.05, 0.1) is 44.3 Å². The Hall–Kier alpha value is -8.74. The van der Waals surface area contributed by atoms with Crippen LogP contribution >= 0.6 is 174 Å². The van der Waals surface area contributed by atoms with Gasteiger partial charge < -0.3 is 62.8 Å². The Morgan fingerprint density at radius 1 is 0.387 bits per heavy atom. The van der Waals surface area contributed by atoms with Crippen LogP contribution in [0.15, 0.2) is 166 Å². The molecule has 2 aliphatic heterocycles. The van der Waals surface area contributed by atoms with Gasteiger partial charge in [0.25, 0.3) is 11.4 Å². The molecule has 6 aromatic carbocycles. The molecule has 0 radical (unpaired) electrons. The summed E-state index contributed by atoms with van der Waals surface area (Å²) in [7, 11) is 0. The van der Waals surface area contributed by atoms with Gasteiger partial charge >= 0.3 is 0 Å². The number of alkyl halides is 12. The lowest BCUT2D eigenvalue weighted by Crippen LogP contribution is -2.38. The average Bonchev–Trinajstić information content (AvgIpc) is 0.839. The number of nitro benzene ring substituents is 2. The van der Waals surface area contributed by atoms with Crippen LogP contribution in [-0.4, -0.2) is 111 Å². The van der Waals surface area contributed by atoms with E-state index in [9.17, 15) is 45.8 Å². The van der Waals surface area contributed by atoms with Crippen molar-refractivity contribution in [2.45, 2.75) is 35.9 Å². The third-order valence-electron chi connectivity index (χ3n) is 12.3. The molecule has 0 saturated heterocycles. The number of rotatable bonds is 11. The van der Waals surface area contributed by atoms with Crippen LogP contribution in [0.2, 0.25) is 15.1 Å². The quantitative estimate of drug-likeness (QED) is 0.0248. The third-order valence-corrected chi connectivity index (χ3v) is 15.0. The van der Waals surface area contributed by atoms with Crippen LogP contribution in [0.1, 0.15) is 29.1 Å². The van der Waals surface area contributed by atoms with E-state index in [-0.39, 0.29) is 116 Å². The molecule has 0 saturated carbocycles. The molecule has 5 heterocycles. The normalized spacial score (nSPS) is 12.6. The van der Waals surface area contributed by atoms with Crippen LogP contribution in [0.25, 0.3) is 11.4 Å². The Morgan fingerprint density at radius 3 is 1.19 bits per heavy atom. The lowest BCUT2D eigenvalue weighted by Gasteiger charge is -2.21. The molecule has 9 aromatic rings. The second-order valence-electron chi connectivity index (χ2n) is 20.4. The van der Waals surface area contributed by atoms with Crippen LogP contribution in [0.4, 0.5) is 57.7 Å². The average molecular weight is 1750 g/mol. The summed E-state index contributed by atoms with van der Waals surface area (Å²) in [5.41, 5.74) is 1.74. The van der Waals surface area contributed by atoms with Gasteiger partial charge in [0.15, 0.2) is 29.1 Å². The van der Waals surface area contributed by atoms with Gasteiger partial charge in [-0.3, -0.25) is 20.2 Å². The van der Waals surface area contributed by atoms with Crippen LogP contribution in [0, 0.1) is 41.0 Å². The van der Waals surface area contributed by atoms with Crippen LogP contribution < -0.4 is 37.2 Å². The molecule has 0 fully saturated rings. The van der Waals surface area contributed by atoms with Crippen molar-refractivity contribution in [2.75, 3.05) is 26.6 Å². The lowest BCUT2D eigenvalue weighted by atomic mass is 10.2. The molecule has 31 nitrogen and oxygen atoms in total. The fraction of sp³-hybridized carbons (Fsp3) is 0.117. The van der Waals surface area contributed by atoms with Crippen molar-refractivity contribution in [3.8, 4) is 40.1 Å². The van der Waals surface area contributed by atoms with Crippen LogP contribution in [0.5, 0.6) is 28.7 Å². The molecular formula is C60H45Cl15N22O9. The number of nitro groups is 2. The van der Waals surface area contributed by atoms with Crippen molar-refractivity contribution in [3.05, 3.63) is 211 Å². The Kier molecular flexibility index (Phi) is 29.3. The van der Waals surface area contributed by atoms with E-state index >= 15 is 0 Å². The van der Waals surface area contributed by atoms with Gasteiger partial charge in [0.2, 0.25) is 44.9 Å². The van der Waals surface area contributed by atoms with E-state index in [4.69, 9.17) is 174 Å². The fourth-order valence-corrected chi connectivity index (χ4v) is 9.33. The van der Waals surface area contributed by atoms with Gasteiger partial charge in [0, 0.05) is 44.9 Å². The summed E-state index contributed by atoms with van der Waals surface area (Å²) < 4.78 is -7.17. The maximum Gasteiger partial charge on any atom is 0.273 e. The molecule has 0 amide bonds. The minimum atomic E-state index is -1.85. The second-order valence-corrected chi connectivity index (χ2v) is 30.8. The summed E-state index contributed by atoms with van der Waals surface area (Å²) in [5.74, 6) is 2.09. The summed E-state index contributed by atoms with van der Waals surface area (Å²) in [5, 5.41) is 90.7. The lowest BCUT2D eigenvalue weighted by molar-refractivity contribution is -0.385. The van der Waals surface area contributed by atoms with E-state index in [2.05, 4.69) is 115 Å². The van der Waals surface area contributed by atoms with Gasteiger partial charge in [-0.15, -0.1) is 0 Å². The number of amidine groups is 2. The third kappa shape index (κ3) is 26.0. The largest absolute Gasteiger partial charge is 0.506 e. The number of guanidine groups is 2. The van der Waals surface area contributed by atoms with Crippen molar-refractivity contribution in [3.63, 3.8) is 0 Å². The number of aromatic nitrogens is 9. The number of nitrogens with one attached hydrogen (secondary N) is 7. The van der Waals surface area contributed by atoms with Crippen molar-refractivity contribution >= 4 is 255 Å². The second kappa shape index (κ2) is 36.7. The van der Waals surface area contributed by atoms with Gasteiger partial charge in [-0.2, -0.15) is 49.9 Å². The first-order valence-corrected chi connectivity index (χ1v) is 34.2. The van der Waals surface area contributed by atoms with Crippen molar-refractivity contribution in [1.29, 1.82) is 0 Å². The van der Waals surface area contributed by atoms with E-state index in [0.29, 0.717) is 55.6 Å². The number of hydrogen-bond donors (Lipinski definition) is 12. The summed E-state index contributed by atoms with van der Waals surface area (Å²) in [4.78, 5) is 72.7. The van der Waals surface area contributed by atoms with Crippen molar-refractivity contribution < 1.29 is 35.4 Å². The monoisotopic (exact) mass is 1740 g/mol. The number of hydrogen-bond acceptors (Lipinski definition) is 29. The van der Waals surface area contributed by atoms with E-state index in [1.54, 1.807) is 51.1 Å². The summed E-state index contributed by atoms with van der Waals surface area (Å²) >= 11 is 86.3. The number of nitrogens with zero attached hydrogens (tertiary/aromatic N) is 15. The van der Waals surface area contributed by atoms with Crippen molar-refractivity contribution in [1.82, 2.24) is 55.5 Å². The van der Waals surface area contributed by atoms with Crippen LogP contribution in [-0.2, 0) is 7.59 Å². The van der Waals surface area contributed by atoms with Gasteiger partial charge in [-0.25, -0.2) is 15.0 Å². The smallest absolute Gasteiger partial charge is 0.273 e. The Balaban J connectivity index is 0.000000185. The maximum absolute atomic E-state index is 10.8. The summed E-state index contributed by atoms with van der Waals surface area (Å²) in [6.45, 7) is 12.2. The van der Waals surface area contributed by atoms with Gasteiger partial charge in [-0.1, -0.05) is 218 Å². The molecular weight excluding hydrogens is 1700 g/mol. The fourth-order valence-electron chi connectivity index (χ4n) is 7.77. The molecule has 0 atom stereocenters. The number of phenolic OH excluding ortho intramolecular Hbond substituents is 5. The van der Waals surface area contributed by atoms with Gasteiger partial charge in [0.1, 0.15) is 57.9 Å². The molecule has 0 bridgehead atoms. The zero-order valence-electron chi connectivity index (χ0n) is 53.2. The Labute approximate surface area is 673 Å². The van der Waals surface area contributed by atoms with Crippen molar-refractivity contribution in [2.24, 2.45) is 20.0 Å². The Morgan fingerprint density at radius 2 is 0.745 bits per heavy atom. The zero-order valence-corrected chi connectivity index (χ0v) is 64.5. The number of benzene rings is 6. The minimum Gasteiger partial charge on any atom is -0.506 e. The predicted molar refractivity (Wildman–Crippen MR) is 418 cm³/mol. The Bertz CT molecular complexity index is 4930. The molecule has 106 heavy (non-hydrogen) atoms. The summed E-state index contributed by atoms with van der Waals surface area (Å²) in [6.07, 6.45) is 0. The molecule has 11 rings (SSSR count). The van der Waals surface area contributed by atoms with E-state index < -0.39 is 25.0 Å². The molecule has 0 aliphatic carbocycles. The topological polar surface area (TPSA) is 437 Å². The SMILES string of the molecule is C=C1N=C(Nc2cc(Cl)ccc2O)N=C(C(Cl)(Cl)Cl)N1.C=C1N=C(Nc2ccc(Cl)cc2O)N=C(C(Cl)(Cl)Cl)N1.Cc1nc(Nc2cc(Cl)ccc2O)nc(-c2ccccc2)n1.Cc1nc(Nc2cc([N+](=O)[O-])ccc2O)nc(C(Cl)(Cl)Cl)n1.Cc1nc(Nc2ccc([N+](=O)[O-])cc2O)nc(C(Cl)(Cl)Cl)n1. The minimum absolute atomic E-state index is 0.0214.